The minimum Gasteiger partial charge on any atom is -0.454 e. The molecular weight excluding hydrogens is 390 g/mol. The maximum absolute atomic E-state index is 12.5. The zero-order chi connectivity index (χ0) is 20.2. The molecule has 4 rings (SSSR count). The fourth-order valence-electron chi connectivity index (χ4n) is 3.24. The fraction of sp³-hybridized carbons (Fsp3) is 0.333. The van der Waals surface area contributed by atoms with Crippen LogP contribution in [-0.2, 0) is 16.1 Å². The average molecular weight is 413 g/mol. The highest BCUT2D eigenvalue weighted by molar-refractivity contribution is 7.99. The van der Waals surface area contributed by atoms with Crippen molar-refractivity contribution in [2.24, 2.45) is 0 Å². The molecule has 2 heterocycles. The summed E-state index contributed by atoms with van der Waals surface area (Å²) in [6, 6.07) is 13.5. The first-order valence-electron chi connectivity index (χ1n) is 9.41. The van der Waals surface area contributed by atoms with Crippen LogP contribution in [0.5, 0.6) is 11.5 Å². The molecule has 0 saturated heterocycles. The van der Waals surface area contributed by atoms with Crippen LogP contribution in [0, 0.1) is 0 Å². The number of ether oxygens (including phenoxy) is 3. The maximum Gasteiger partial charge on any atom is 0.231 e. The maximum atomic E-state index is 12.5. The fourth-order valence-corrected chi connectivity index (χ4v) is 4.09. The first-order valence-corrected chi connectivity index (χ1v) is 10.4. The number of carbonyl (C=O) groups excluding carboxylic acids is 1. The Bertz CT molecular complexity index is 1020. The van der Waals surface area contributed by atoms with E-state index in [-0.39, 0.29) is 24.5 Å². The third-order valence-corrected chi connectivity index (χ3v) is 5.72. The summed E-state index contributed by atoms with van der Waals surface area (Å²) in [7, 11) is 1.68. The van der Waals surface area contributed by atoms with Gasteiger partial charge in [0.1, 0.15) is 0 Å². The van der Waals surface area contributed by atoms with Crippen LogP contribution < -0.4 is 14.8 Å². The molecule has 0 radical (unpaired) electrons. The lowest BCUT2D eigenvalue weighted by Crippen LogP contribution is -2.28. The van der Waals surface area contributed by atoms with Crippen LogP contribution in [0.1, 0.15) is 18.5 Å². The molecule has 0 spiro atoms. The summed E-state index contributed by atoms with van der Waals surface area (Å²) in [5.41, 5.74) is 2.93. The number of amides is 1. The Labute approximate surface area is 173 Å². The number of imidazole rings is 1. The van der Waals surface area contributed by atoms with Gasteiger partial charge in [0.25, 0.3) is 0 Å². The van der Waals surface area contributed by atoms with Crippen molar-refractivity contribution in [3.05, 3.63) is 48.0 Å². The van der Waals surface area contributed by atoms with Crippen LogP contribution in [-0.4, -0.2) is 41.7 Å². The van der Waals surface area contributed by atoms with Gasteiger partial charge in [-0.3, -0.25) is 4.79 Å². The summed E-state index contributed by atoms with van der Waals surface area (Å²) >= 11 is 1.43. The van der Waals surface area contributed by atoms with E-state index in [9.17, 15) is 4.79 Å². The first kappa shape index (κ1) is 19.6. The molecule has 7 nitrogen and oxygen atoms in total. The Morgan fingerprint density at radius 2 is 2.10 bits per heavy atom. The second-order valence-electron chi connectivity index (χ2n) is 6.72. The molecule has 152 valence electrons. The van der Waals surface area contributed by atoms with Crippen molar-refractivity contribution in [3.63, 3.8) is 0 Å². The van der Waals surface area contributed by atoms with E-state index < -0.39 is 0 Å². The predicted octanol–water partition coefficient (Wildman–Crippen LogP) is 3.38. The molecule has 0 fully saturated rings. The van der Waals surface area contributed by atoms with Gasteiger partial charge in [-0.05, 0) is 36.8 Å². The van der Waals surface area contributed by atoms with Crippen molar-refractivity contribution in [1.82, 2.24) is 14.9 Å². The molecule has 1 aliphatic heterocycles. The van der Waals surface area contributed by atoms with Gasteiger partial charge < -0.3 is 24.1 Å². The second kappa shape index (κ2) is 8.75. The van der Waals surface area contributed by atoms with E-state index in [2.05, 4.69) is 14.9 Å². The molecule has 1 aromatic heterocycles. The van der Waals surface area contributed by atoms with Crippen molar-refractivity contribution >= 4 is 28.7 Å². The Balaban J connectivity index is 1.40. The lowest BCUT2D eigenvalue weighted by Gasteiger charge is -2.15. The lowest BCUT2D eigenvalue weighted by atomic mass is 10.1. The van der Waals surface area contributed by atoms with Gasteiger partial charge in [-0.1, -0.05) is 30.0 Å². The number of rotatable bonds is 8. The average Bonchev–Trinajstić information content (AvgIpc) is 3.34. The highest BCUT2D eigenvalue weighted by Crippen LogP contribution is 2.34. The number of methoxy groups -OCH3 is 1. The second-order valence-corrected chi connectivity index (χ2v) is 7.66. The van der Waals surface area contributed by atoms with Crippen LogP contribution in [0.4, 0.5) is 0 Å². The van der Waals surface area contributed by atoms with Gasteiger partial charge in [0.05, 0.1) is 29.4 Å². The SMILES string of the molecule is COCCn1c(SCC(=O)NC(C)c2ccc3c(c2)OCO3)nc2ccccc21. The topological polar surface area (TPSA) is 74.6 Å². The number of carbonyl (C=O) groups is 1. The van der Waals surface area contributed by atoms with Gasteiger partial charge in [0, 0.05) is 13.7 Å². The molecule has 2 aromatic carbocycles. The highest BCUT2D eigenvalue weighted by atomic mass is 32.2. The Morgan fingerprint density at radius 1 is 1.28 bits per heavy atom. The largest absolute Gasteiger partial charge is 0.454 e. The summed E-state index contributed by atoms with van der Waals surface area (Å²) < 4.78 is 18.1. The number of aromatic nitrogens is 2. The van der Waals surface area contributed by atoms with Gasteiger partial charge in [-0.25, -0.2) is 4.98 Å². The van der Waals surface area contributed by atoms with E-state index in [0.717, 1.165) is 27.5 Å². The van der Waals surface area contributed by atoms with E-state index in [0.29, 0.717) is 18.9 Å². The number of benzene rings is 2. The number of nitrogens with one attached hydrogen (secondary N) is 1. The predicted molar refractivity (Wildman–Crippen MR) is 111 cm³/mol. The zero-order valence-corrected chi connectivity index (χ0v) is 17.2. The molecule has 8 heteroatoms. The minimum atomic E-state index is -0.134. The Kier molecular flexibility index (Phi) is 5.92. The third-order valence-electron chi connectivity index (χ3n) is 4.75. The highest BCUT2D eigenvalue weighted by Gasteiger charge is 2.18. The number of para-hydroxylation sites is 2. The lowest BCUT2D eigenvalue weighted by molar-refractivity contribution is -0.119. The normalized spacial score (nSPS) is 13.6. The van der Waals surface area contributed by atoms with Crippen molar-refractivity contribution in [1.29, 1.82) is 0 Å². The van der Waals surface area contributed by atoms with E-state index in [1.165, 1.54) is 11.8 Å². The van der Waals surface area contributed by atoms with Crippen LogP contribution in [0.15, 0.2) is 47.6 Å². The quantitative estimate of drug-likeness (QED) is 0.571. The zero-order valence-electron chi connectivity index (χ0n) is 16.4. The smallest absolute Gasteiger partial charge is 0.231 e. The molecule has 1 N–H and O–H groups in total. The van der Waals surface area contributed by atoms with Crippen LogP contribution in [0.25, 0.3) is 11.0 Å². The van der Waals surface area contributed by atoms with Crippen LogP contribution >= 0.6 is 11.8 Å². The summed E-state index contributed by atoms with van der Waals surface area (Å²) in [5, 5.41) is 3.85. The van der Waals surface area contributed by atoms with Crippen molar-refractivity contribution in [2.45, 2.75) is 24.7 Å². The van der Waals surface area contributed by atoms with Gasteiger partial charge >= 0.3 is 0 Å². The van der Waals surface area contributed by atoms with Gasteiger partial charge in [0.2, 0.25) is 12.7 Å². The summed E-state index contributed by atoms with van der Waals surface area (Å²) in [4.78, 5) is 17.2. The van der Waals surface area contributed by atoms with Crippen LogP contribution in [0.3, 0.4) is 0 Å². The van der Waals surface area contributed by atoms with Gasteiger partial charge in [-0.15, -0.1) is 0 Å². The minimum absolute atomic E-state index is 0.0504. The molecule has 0 bridgehead atoms. The van der Waals surface area contributed by atoms with E-state index in [1.807, 2.05) is 49.4 Å². The van der Waals surface area contributed by atoms with Crippen LogP contribution in [0.2, 0.25) is 0 Å². The Hall–Kier alpha value is -2.71. The van der Waals surface area contributed by atoms with E-state index in [1.54, 1.807) is 7.11 Å². The molecule has 1 atom stereocenters. The molecule has 0 saturated carbocycles. The number of fused-ring (bicyclic) bond motifs is 2. The number of hydrogen-bond donors (Lipinski definition) is 1. The molecular formula is C21H23N3O4S. The molecule has 29 heavy (non-hydrogen) atoms. The van der Waals surface area contributed by atoms with Gasteiger partial charge in [0.15, 0.2) is 16.7 Å². The third kappa shape index (κ3) is 4.33. The molecule has 3 aromatic rings. The first-order chi connectivity index (χ1) is 14.2. The Morgan fingerprint density at radius 3 is 2.97 bits per heavy atom. The monoisotopic (exact) mass is 413 g/mol. The van der Waals surface area contributed by atoms with Crippen molar-refractivity contribution in [3.8, 4) is 11.5 Å². The number of nitrogens with zero attached hydrogens (tertiary/aromatic N) is 2. The number of thioether (sulfide) groups is 1. The van der Waals surface area contributed by atoms with E-state index >= 15 is 0 Å². The molecule has 1 aliphatic rings. The summed E-state index contributed by atoms with van der Waals surface area (Å²) in [6.45, 7) is 3.46. The number of hydrogen-bond acceptors (Lipinski definition) is 6. The molecule has 1 unspecified atom stereocenters. The van der Waals surface area contributed by atoms with Gasteiger partial charge in [-0.2, -0.15) is 0 Å². The molecule has 1 amide bonds. The summed E-state index contributed by atoms with van der Waals surface area (Å²) in [6.07, 6.45) is 0. The van der Waals surface area contributed by atoms with Crippen molar-refractivity contribution < 1.29 is 19.0 Å². The summed E-state index contributed by atoms with van der Waals surface area (Å²) in [5.74, 6) is 1.68. The van der Waals surface area contributed by atoms with E-state index in [4.69, 9.17) is 14.2 Å². The van der Waals surface area contributed by atoms with Crippen molar-refractivity contribution in [2.75, 3.05) is 26.3 Å². The standard InChI is InChI=1S/C21H23N3O4S/c1-14(15-7-8-18-19(11-15)28-13-27-18)22-20(25)12-29-21-23-16-5-3-4-6-17(16)24(21)9-10-26-2/h3-8,11,14H,9-10,12-13H2,1-2H3,(H,22,25). The molecule has 0 aliphatic carbocycles.